The van der Waals surface area contributed by atoms with Crippen LogP contribution in [0.5, 0.6) is 0 Å². The second kappa shape index (κ2) is 6.58. The van der Waals surface area contributed by atoms with E-state index in [-0.39, 0.29) is 11.8 Å². The summed E-state index contributed by atoms with van der Waals surface area (Å²) in [5.74, 6) is -0.292. The Morgan fingerprint density at radius 1 is 1.24 bits per heavy atom. The number of carbonyl (C=O) groups is 2. The molecule has 1 heterocycles. The molecule has 4 rings (SSSR count). The summed E-state index contributed by atoms with van der Waals surface area (Å²) in [7, 11) is 0. The third kappa shape index (κ3) is 3.57. The molecule has 0 unspecified atom stereocenters. The topological polar surface area (TPSA) is 58.2 Å². The highest BCUT2D eigenvalue weighted by molar-refractivity contribution is 8.04. The van der Waals surface area contributed by atoms with Gasteiger partial charge in [0.25, 0.3) is 11.8 Å². The SMILES string of the molecule is O=C1Nc2cc(C(=O)NC3CC3)ccc2SC1=Cc1ccccc1Cl. The van der Waals surface area contributed by atoms with E-state index in [2.05, 4.69) is 10.6 Å². The summed E-state index contributed by atoms with van der Waals surface area (Å²) >= 11 is 7.54. The van der Waals surface area contributed by atoms with E-state index in [9.17, 15) is 9.59 Å². The standard InChI is InChI=1S/C19H15ClN2O2S/c20-14-4-2-1-3-11(14)10-17-19(24)22-15-9-12(5-8-16(15)25-17)18(23)21-13-6-7-13/h1-5,8-10,13H,6-7H2,(H,21,23)(H,22,24). The van der Waals surface area contributed by atoms with Crippen LogP contribution in [-0.4, -0.2) is 17.9 Å². The lowest BCUT2D eigenvalue weighted by Gasteiger charge is -2.19. The van der Waals surface area contributed by atoms with Gasteiger partial charge >= 0.3 is 0 Å². The largest absolute Gasteiger partial charge is 0.349 e. The Morgan fingerprint density at radius 2 is 2.04 bits per heavy atom. The molecule has 2 aromatic rings. The van der Waals surface area contributed by atoms with Crippen LogP contribution >= 0.6 is 23.4 Å². The first-order chi connectivity index (χ1) is 12.1. The van der Waals surface area contributed by atoms with Crippen LogP contribution in [0.1, 0.15) is 28.8 Å². The van der Waals surface area contributed by atoms with Gasteiger partial charge in [0.2, 0.25) is 0 Å². The summed E-state index contributed by atoms with van der Waals surface area (Å²) in [5, 5.41) is 6.41. The monoisotopic (exact) mass is 370 g/mol. The number of carbonyl (C=O) groups excluding carboxylic acids is 2. The van der Waals surface area contributed by atoms with Crippen LogP contribution in [0.25, 0.3) is 6.08 Å². The van der Waals surface area contributed by atoms with E-state index >= 15 is 0 Å². The Balaban J connectivity index is 1.59. The molecule has 0 atom stereocenters. The Morgan fingerprint density at radius 3 is 2.80 bits per heavy atom. The van der Waals surface area contributed by atoms with Crippen LogP contribution in [0.3, 0.4) is 0 Å². The van der Waals surface area contributed by atoms with Gasteiger partial charge in [-0.15, -0.1) is 0 Å². The van der Waals surface area contributed by atoms with Crippen LogP contribution in [0.15, 0.2) is 52.3 Å². The fraction of sp³-hybridized carbons (Fsp3) is 0.158. The van der Waals surface area contributed by atoms with Crippen molar-refractivity contribution >= 4 is 46.9 Å². The predicted molar refractivity (Wildman–Crippen MR) is 101 cm³/mol. The molecule has 1 saturated carbocycles. The molecule has 1 aliphatic carbocycles. The van der Waals surface area contributed by atoms with Crippen LogP contribution in [0.2, 0.25) is 5.02 Å². The molecule has 1 aliphatic heterocycles. The second-order valence-corrected chi connectivity index (χ2v) is 7.54. The second-order valence-electron chi connectivity index (χ2n) is 6.04. The van der Waals surface area contributed by atoms with Crippen molar-refractivity contribution in [2.24, 2.45) is 0 Å². The van der Waals surface area contributed by atoms with E-state index in [1.165, 1.54) is 11.8 Å². The highest BCUT2D eigenvalue weighted by Crippen LogP contribution is 2.39. The Bertz CT molecular complexity index is 906. The zero-order valence-electron chi connectivity index (χ0n) is 13.2. The zero-order chi connectivity index (χ0) is 17.4. The third-order valence-electron chi connectivity index (χ3n) is 4.04. The molecule has 0 spiro atoms. The Kier molecular flexibility index (Phi) is 4.27. The van der Waals surface area contributed by atoms with Gasteiger partial charge in [0.15, 0.2) is 0 Å². The minimum Gasteiger partial charge on any atom is -0.349 e. The summed E-state index contributed by atoms with van der Waals surface area (Å²) in [6.45, 7) is 0. The zero-order valence-corrected chi connectivity index (χ0v) is 14.8. The molecule has 2 aromatic carbocycles. The average Bonchev–Trinajstić information content (AvgIpc) is 3.41. The molecule has 2 aliphatic rings. The highest BCUT2D eigenvalue weighted by Gasteiger charge is 2.26. The molecule has 1 fully saturated rings. The number of benzene rings is 2. The molecule has 0 radical (unpaired) electrons. The molecule has 0 bridgehead atoms. The van der Waals surface area contributed by atoms with Crippen LogP contribution in [-0.2, 0) is 4.79 Å². The molecule has 0 saturated heterocycles. The van der Waals surface area contributed by atoms with E-state index in [1.54, 1.807) is 24.3 Å². The number of hydrogen-bond acceptors (Lipinski definition) is 3. The number of halogens is 1. The molecular weight excluding hydrogens is 356 g/mol. The normalized spacial score (nSPS) is 17.8. The van der Waals surface area contributed by atoms with E-state index < -0.39 is 0 Å². The average molecular weight is 371 g/mol. The van der Waals surface area contributed by atoms with E-state index in [0.29, 0.717) is 27.2 Å². The van der Waals surface area contributed by atoms with Gasteiger partial charge in [-0.1, -0.05) is 41.6 Å². The van der Waals surface area contributed by atoms with Gasteiger partial charge in [-0.3, -0.25) is 9.59 Å². The van der Waals surface area contributed by atoms with Gasteiger partial charge in [0.05, 0.1) is 10.6 Å². The van der Waals surface area contributed by atoms with Crippen LogP contribution < -0.4 is 10.6 Å². The van der Waals surface area contributed by atoms with Crippen molar-refractivity contribution in [3.05, 3.63) is 63.5 Å². The van der Waals surface area contributed by atoms with Gasteiger partial charge < -0.3 is 10.6 Å². The summed E-state index contributed by atoms with van der Waals surface area (Å²) in [5.41, 5.74) is 2.02. The fourth-order valence-electron chi connectivity index (χ4n) is 2.53. The maximum atomic E-state index is 12.4. The van der Waals surface area contributed by atoms with Gasteiger partial charge in [0.1, 0.15) is 0 Å². The molecule has 4 nitrogen and oxygen atoms in total. The number of rotatable bonds is 3. The summed E-state index contributed by atoms with van der Waals surface area (Å²) in [6.07, 6.45) is 3.86. The molecule has 6 heteroatoms. The number of amides is 2. The maximum Gasteiger partial charge on any atom is 0.262 e. The van der Waals surface area contributed by atoms with Gasteiger partial charge in [-0.25, -0.2) is 0 Å². The minimum atomic E-state index is -0.197. The van der Waals surface area contributed by atoms with Gasteiger partial charge in [-0.2, -0.15) is 0 Å². The molecule has 25 heavy (non-hydrogen) atoms. The van der Waals surface area contributed by atoms with Gasteiger partial charge in [0, 0.05) is 21.5 Å². The van der Waals surface area contributed by atoms with Crippen molar-refractivity contribution in [2.75, 3.05) is 5.32 Å². The van der Waals surface area contributed by atoms with Crippen molar-refractivity contribution in [1.82, 2.24) is 5.32 Å². The van der Waals surface area contributed by atoms with Crippen molar-refractivity contribution in [1.29, 1.82) is 0 Å². The first-order valence-electron chi connectivity index (χ1n) is 8.00. The fourth-order valence-corrected chi connectivity index (χ4v) is 3.64. The number of thioether (sulfide) groups is 1. The van der Waals surface area contributed by atoms with Crippen LogP contribution in [0.4, 0.5) is 5.69 Å². The Labute approximate surface area is 154 Å². The van der Waals surface area contributed by atoms with Crippen LogP contribution in [0, 0.1) is 0 Å². The van der Waals surface area contributed by atoms with Crippen molar-refractivity contribution in [3.8, 4) is 0 Å². The molecule has 2 amide bonds. The third-order valence-corrected chi connectivity index (χ3v) is 5.48. The number of hydrogen-bond donors (Lipinski definition) is 2. The first kappa shape index (κ1) is 16.2. The van der Waals surface area contributed by atoms with E-state index in [4.69, 9.17) is 11.6 Å². The van der Waals surface area contributed by atoms with Crippen molar-refractivity contribution < 1.29 is 9.59 Å². The summed E-state index contributed by atoms with van der Waals surface area (Å²) in [6, 6.07) is 13.1. The molecule has 2 N–H and O–H groups in total. The lowest BCUT2D eigenvalue weighted by molar-refractivity contribution is -0.112. The van der Waals surface area contributed by atoms with Gasteiger partial charge in [-0.05, 0) is 48.7 Å². The number of nitrogens with one attached hydrogen (secondary N) is 2. The summed E-state index contributed by atoms with van der Waals surface area (Å²) in [4.78, 5) is 26.0. The summed E-state index contributed by atoms with van der Waals surface area (Å²) < 4.78 is 0. The smallest absolute Gasteiger partial charge is 0.262 e. The van der Waals surface area contributed by atoms with Crippen molar-refractivity contribution in [2.45, 2.75) is 23.8 Å². The molecule has 0 aromatic heterocycles. The predicted octanol–water partition coefficient (Wildman–Crippen LogP) is 4.32. The Hall–Kier alpha value is -2.24. The maximum absolute atomic E-state index is 12.4. The number of anilines is 1. The molecule has 126 valence electrons. The lowest BCUT2D eigenvalue weighted by Crippen LogP contribution is -2.26. The highest BCUT2D eigenvalue weighted by atomic mass is 35.5. The van der Waals surface area contributed by atoms with E-state index in [0.717, 1.165) is 23.3 Å². The van der Waals surface area contributed by atoms with Crippen molar-refractivity contribution in [3.63, 3.8) is 0 Å². The first-order valence-corrected chi connectivity index (χ1v) is 9.20. The molecular formula is C19H15ClN2O2S. The van der Waals surface area contributed by atoms with E-state index in [1.807, 2.05) is 24.3 Å². The number of fused-ring (bicyclic) bond motifs is 1. The quantitative estimate of drug-likeness (QED) is 0.791. The minimum absolute atomic E-state index is 0.0954. The lowest BCUT2D eigenvalue weighted by atomic mass is 10.1.